The van der Waals surface area contributed by atoms with Gasteiger partial charge in [0.15, 0.2) is 5.79 Å². The van der Waals surface area contributed by atoms with Gasteiger partial charge in [-0.1, -0.05) is 24.3 Å². The Morgan fingerprint density at radius 1 is 1.43 bits per heavy atom. The molecule has 0 spiro atoms. The molecule has 1 aromatic rings. The molecule has 1 aliphatic rings. The van der Waals surface area contributed by atoms with Crippen molar-refractivity contribution in [2.75, 3.05) is 13.2 Å². The number of ether oxygens (including phenoxy) is 3. The van der Waals surface area contributed by atoms with Gasteiger partial charge >= 0.3 is 5.97 Å². The highest BCUT2D eigenvalue weighted by molar-refractivity contribution is 5.81. The van der Waals surface area contributed by atoms with Crippen LogP contribution in [-0.2, 0) is 19.0 Å². The fraction of sp³-hybridized carbons (Fsp3) is 0.500. The summed E-state index contributed by atoms with van der Waals surface area (Å²) >= 11 is 0. The first-order valence-electron chi connectivity index (χ1n) is 7.86. The lowest BCUT2D eigenvalue weighted by Crippen LogP contribution is -2.41. The number of rotatable bonds is 5. The molecule has 1 aliphatic heterocycles. The molecule has 0 unspecified atom stereocenters. The van der Waals surface area contributed by atoms with E-state index in [2.05, 4.69) is 0 Å². The molecule has 126 valence electrons. The van der Waals surface area contributed by atoms with Crippen LogP contribution in [0.25, 0.3) is 0 Å². The molecule has 0 saturated carbocycles. The van der Waals surface area contributed by atoms with E-state index in [4.69, 9.17) is 14.2 Å². The first-order valence-corrected chi connectivity index (χ1v) is 7.86. The number of phenolic OH excluding ortho intramolecular Hbond substituents is 1. The summed E-state index contributed by atoms with van der Waals surface area (Å²) in [4.78, 5) is 11.4. The van der Waals surface area contributed by atoms with Gasteiger partial charge in [0.25, 0.3) is 0 Å². The molecule has 23 heavy (non-hydrogen) atoms. The Morgan fingerprint density at radius 3 is 2.87 bits per heavy atom. The van der Waals surface area contributed by atoms with Gasteiger partial charge in [-0.15, -0.1) is 0 Å². The zero-order valence-corrected chi connectivity index (χ0v) is 13.8. The molecule has 1 aromatic carbocycles. The van der Waals surface area contributed by atoms with Crippen LogP contribution in [0, 0.1) is 5.92 Å². The number of para-hydroxylation sites is 1. The third-order valence-electron chi connectivity index (χ3n) is 3.71. The van der Waals surface area contributed by atoms with E-state index < -0.39 is 5.79 Å². The number of aromatic hydroxyl groups is 1. The van der Waals surface area contributed by atoms with Crippen LogP contribution >= 0.6 is 0 Å². The van der Waals surface area contributed by atoms with E-state index in [9.17, 15) is 9.90 Å². The molecule has 0 aliphatic carbocycles. The minimum Gasteiger partial charge on any atom is -0.508 e. The second-order valence-electron chi connectivity index (χ2n) is 5.96. The van der Waals surface area contributed by atoms with Gasteiger partial charge in [-0.05, 0) is 33.3 Å². The minimum atomic E-state index is -0.714. The fourth-order valence-electron chi connectivity index (χ4n) is 2.60. The second kappa shape index (κ2) is 7.62. The number of benzene rings is 1. The first kappa shape index (κ1) is 17.5. The third-order valence-corrected chi connectivity index (χ3v) is 3.71. The molecule has 0 bridgehead atoms. The average Bonchev–Trinajstić information content (AvgIpc) is 2.49. The van der Waals surface area contributed by atoms with Crippen LogP contribution in [0.15, 0.2) is 36.4 Å². The highest BCUT2D eigenvalue weighted by atomic mass is 16.7. The third kappa shape index (κ3) is 4.81. The van der Waals surface area contributed by atoms with Gasteiger partial charge in [0.2, 0.25) is 0 Å². The highest BCUT2D eigenvalue weighted by Crippen LogP contribution is 2.41. The Labute approximate surface area is 136 Å². The van der Waals surface area contributed by atoms with E-state index in [1.807, 2.05) is 26.0 Å². The lowest BCUT2D eigenvalue weighted by Gasteiger charge is -2.41. The van der Waals surface area contributed by atoms with Crippen molar-refractivity contribution in [3.8, 4) is 5.75 Å². The van der Waals surface area contributed by atoms with E-state index in [-0.39, 0.29) is 23.7 Å². The number of allylic oxidation sites excluding steroid dienone is 1. The fourth-order valence-corrected chi connectivity index (χ4v) is 2.60. The molecule has 2 rings (SSSR count). The van der Waals surface area contributed by atoms with Crippen molar-refractivity contribution >= 4 is 5.97 Å². The van der Waals surface area contributed by atoms with Crippen LogP contribution in [0.4, 0.5) is 0 Å². The summed E-state index contributed by atoms with van der Waals surface area (Å²) in [7, 11) is 0. The molecule has 2 atom stereocenters. The van der Waals surface area contributed by atoms with Crippen LogP contribution in [0.1, 0.15) is 38.9 Å². The normalized spacial score (nSPS) is 23.8. The molecule has 1 saturated heterocycles. The molecule has 1 heterocycles. The zero-order valence-electron chi connectivity index (χ0n) is 13.8. The van der Waals surface area contributed by atoms with Crippen molar-refractivity contribution in [1.82, 2.24) is 0 Å². The van der Waals surface area contributed by atoms with Gasteiger partial charge < -0.3 is 19.3 Å². The van der Waals surface area contributed by atoms with Crippen molar-refractivity contribution in [3.05, 3.63) is 42.0 Å². The topological polar surface area (TPSA) is 65.0 Å². The van der Waals surface area contributed by atoms with E-state index >= 15 is 0 Å². The maximum atomic E-state index is 11.4. The first-order chi connectivity index (χ1) is 10.9. The summed E-state index contributed by atoms with van der Waals surface area (Å²) in [5.74, 6) is -0.866. The summed E-state index contributed by atoms with van der Waals surface area (Å²) in [6.45, 7) is 6.31. The zero-order chi connectivity index (χ0) is 16.9. The van der Waals surface area contributed by atoms with Gasteiger partial charge in [0, 0.05) is 17.6 Å². The average molecular weight is 320 g/mol. The molecule has 0 amide bonds. The van der Waals surface area contributed by atoms with E-state index in [1.54, 1.807) is 25.1 Å². The Morgan fingerprint density at radius 2 is 2.17 bits per heavy atom. The predicted molar refractivity (Wildman–Crippen MR) is 85.8 cm³/mol. The number of hydrogen-bond donors (Lipinski definition) is 1. The summed E-state index contributed by atoms with van der Waals surface area (Å²) in [6.07, 6.45) is 3.48. The predicted octanol–water partition coefficient (Wildman–Crippen LogP) is 3.34. The molecule has 5 heteroatoms. The van der Waals surface area contributed by atoms with Crippen molar-refractivity contribution in [2.24, 2.45) is 5.92 Å². The van der Waals surface area contributed by atoms with E-state index in [1.165, 1.54) is 6.08 Å². The van der Waals surface area contributed by atoms with Crippen molar-refractivity contribution < 1.29 is 24.1 Å². The molecule has 1 N–H and O–H groups in total. The highest BCUT2D eigenvalue weighted by Gasteiger charge is 2.37. The molecule has 0 aromatic heterocycles. The van der Waals surface area contributed by atoms with Crippen LogP contribution in [0.3, 0.4) is 0 Å². The van der Waals surface area contributed by atoms with Gasteiger partial charge in [0.1, 0.15) is 5.75 Å². The van der Waals surface area contributed by atoms with Crippen LogP contribution < -0.4 is 0 Å². The smallest absolute Gasteiger partial charge is 0.330 e. The number of phenols is 1. The molecule has 5 nitrogen and oxygen atoms in total. The van der Waals surface area contributed by atoms with Gasteiger partial charge in [-0.2, -0.15) is 0 Å². The van der Waals surface area contributed by atoms with Crippen molar-refractivity contribution in [2.45, 2.75) is 39.1 Å². The van der Waals surface area contributed by atoms with E-state index in [0.29, 0.717) is 19.6 Å². The number of carbonyl (C=O) groups excluding carboxylic acids is 1. The minimum absolute atomic E-state index is 0.00185. The van der Waals surface area contributed by atoms with Crippen LogP contribution in [0.5, 0.6) is 5.75 Å². The monoisotopic (exact) mass is 320 g/mol. The summed E-state index contributed by atoms with van der Waals surface area (Å²) in [5.41, 5.74) is 0.735. The molecule has 1 fully saturated rings. The molecule has 0 radical (unpaired) electrons. The van der Waals surface area contributed by atoms with Crippen LogP contribution in [-0.4, -0.2) is 30.1 Å². The SMILES string of the molecule is CCOC(=O)C=CC[C@@H]1COC(C)(C)O[C@@H]1c1ccccc1O. The Hall–Kier alpha value is -1.85. The maximum absolute atomic E-state index is 11.4. The number of hydrogen-bond acceptors (Lipinski definition) is 5. The van der Waals surface area contributed by atoms with Gasteiger partial charge in [0.05, 0.1) is 19.3 Å². The van der Waals surface area contributed by atoms with Gasteiger partial charge in [-0.25, -0.2) is 4.79 Å². The van der Waals surface area contributed by atoms with E-state index in [0.717, 1.165) is 5.56 Å². The Kier molecular flexibility index (Phi) is 5.80. The van der Waals surface area contributed by atoms with Crippen LogP contribution in [0.2, 0.25) is 0 Å². The number of carbonyl (C=O) groups is 1. The number of esters is 1. The summed E-state index contributed by atoms with van der Waals surface area (Å²) in [6, 6.07) is 7.14. The molecular weight excluding hydrogens is 296 g/mol. The lowest BCUT2D eigenvalue weighted by molar-refractivity contribution is -0.295. The Balaban J connectivity index is 2.13. The quantitative estimate of drug-likeness (QED) is 0.666. The van der Waals surface area contributed by atoms with Gasteiger partial charge in [-0.3, -0.25) is 0 Å². The second-order valence-corrected chi connectivity index (χ2v) is 5.96. The summed E-state index contributed by atoms with van der Waals surface area (Å²) in [5, 5.41) is 10.1. The van der Waals surface area contributed by atoms with Crippen molar-refractivity contribution in [3.63, 3.8) is 0 Å². The summed E-state index contributed by atoms with van der Waals surface area (Å²) < 4.78 is 16.6. The maximum Gasteiger partial charge on any atom is 0.330 e. The lowest BCUT2D eigenvalue weighted by atomic mass is 9.91. The largest absolute Gasteiger partial charge is 0.508 e. The standard InChI is InChI=1S/C18H24O5/c1-4-21-16(20)11-7-8-13-12-22-18(2,3)23-17(13)14-9-5-6-10-15(14)19/h5-7,9-11,13,17,19H,4,8,12H2,1-3H3/t13-,17+/m1/s1. The van der Waals surface area contributed by atoms with Crippen molar-refractivity contribution in [1.29, 1.82) is 0 Å². The Bertz CT molecular complexity index is 564. The molecular formula is C18H24O5.